The zero-order valence-electron chi connectivity index (χ0n) is 12.4. The summed E-state index contributed by atoms with van der Waals surface area (Å²) in [5.74, 6) is 7.66. The van der Waals surface area contributed by atoms with E-state index in [4.69, 9.17) is 5.11 Å². The molecule has 1 amide bonds. The predicted octanol–water partition coefficient (Wildman–Crippen LogP) is 2.71. The van der Waals surface area contributed by atoms with E-state index < -0.39 is 0 Å². The first-order valence-corrected chi connectivity index (χ1v) is 7.72. The third-order valence-corrected chi connectivity index (χ3v) is 4.67. The fourth-order valence-electron chi connectivity index (χ4n) is 3.48. The Labute approximate surface area is 125 Å². The van der Waals surface area contributed by atoms with E-state index in [2.05, 4.69) is 17.2 Å². The Morgan fingerprint density at radius 3 is 2.86 bits per heavy atom. The van der Waals surface area contributed by atoms with Gasteiger partial charge in [0.1, 0.15) is 0 Å². The molecule has 2 aliphatic rings. The molecule has 0 spiro atoms. The molecule has 3 nitrogen and oxygen atoms in total. The highest BCUT2D eigenvalue weighted by molar-refractivity contribution is 5.95. The quantitative estimate of drug-likeness (QED) is 0.838. The van der Waals surface area contributed by atoms with Crippen LogP contribution in [0.25, 0.3) is 0 Å². The van der Waals surface area contributed by atoms with E-state index in [0.717, 1.165) is 16.8 Å². The minimum Gasteiger partial charge on any atom is -0.395 e. The van der Waals surface area contributed by atoms with Gasteiger partial charge in [-0.3, -0.25) is 4.79 Å². The number of amides is 1. The van der Waals surface area contributed by atoms with Crippen LogP contribution in [0.2, 0.25) is 0 Å². The van der Waals surface area contributed by atoms with Crippen LogP contribution >= 0.6 is 0 Å². The predicted molar refractivity (Wildman–Crippen MR) is 82.7 cm³/mol. The molecule has 0 radical (unpaired) electrons. The first kappa shape index (κ1) is 14.2. The van der Waals surface area contributed by atoms with Gasteiger partial charge in [-0.15, -0.1) is 0 Å². The minimum absolute atomic E-state index is 0.0763. The number of aryl methyl sites for hydroxylation is 1. The summed E-state index contributed by atoms with van der Waals surface area (Å²) in [4.78, 5) is 12.3. The lowest BCUT2D eigenvalue weighted by molar-refractivity contribution is -0.118. The Bertz CT molecular complexity index is 601. The van der Waals surface area contributed by atoms with E-state index in [0.29, 0.717) is 18.3 Å². The summed E-state index contributed by atoms with van der Waals surface area (Å²) in [7, 11) is 0. The van der Waals surface area contributed by atoms with Gasteiger partial charge in [-0.25, -0.2) is 0 Å². The summed E-state index contributed by atoms with van der Waals surface area (Å²) < 4.78 is 0. The average Bonchev–Trinajstić information content (AvgIpc) is 2.96. The van der Waals surface area contributed by atoms with E-state index in [9.17, 15) is 4.79 Å². The molecule has 2 aliphatic carbocycles. The SMILES string of the molecule is Cc1ccc(NC(=O)C2C3CCCC32)cc1C#CCCO. The fraction of sp³-hybridized carbons (Fsp3) is 0.500. The Morgan fingerprint density at radius 1 is 1.38 bits per heavy atom. The van der Waals surface area contributed by atoms with Crippen LogP contribution in [0.4, 0.5) is 5.69 Å². The van der Waals surface area contributed by atoms with E-state index in [1.807, 2.05) is 25.1 Å². The maximum atomic E-state index is 12.3. The topological polar surface area (TPSA) is 49.3 Å². The molecule has 0 aromatic heterocycles. The fourth-order valence-corrected chi connectivity index (χ4v) is 3.48. The van der Waals surface area contributed by atoms with Crippen LogP contribution in [-0.4, -0.2) is 17.6 Å². The van der Waals surface area contributed by atoms with Gasteiger partial charge in [-0.1, -0.05) is 24.3 Å². The number of anilines is 1. The van der Waals surface area contributed by atoms with Gasteiger partial charge in [-0.05, 0) is 49.3 Å². The van der Waals surface area contributed by atoms with Gasteiger partial charge in [0.05, 0.1) is 6.61 Å². The standard InChI is InChI=1S/C18H21NO2/c1-12-8-9-14(11-13(12)5-2-3-10-20)19-18(21)17-15-6-4-7-16(15)17/h8-9,11,15-17,20H,3-4,6-7,10H2,1H3,(H,19,21). The van der Waals surface area contributed by atoms with Crippen LogP contribution < -0.4 is 5.32 Å². The number of nitrogens with one attached hydrogen (secondary N) is 1. The highest BCUT2D eigenvalue weighted by atomic mass is 16.2. The molecule has 3 rings (SSSR count). The maximum Gasteiger partial charge on any atom is 0.228 e. The minimum atomic E-state index is 0.0763. The number of rotatable bonds is 3. The second-order valence-electron chi connectivity index (χ2n) is 6.08. The van der Waals surface area contributed by atoms with Crippen molar-refractivity contribution < 1.29 is 9.90 Å². The van der Waals surface area contributed by atoms with Crippen molar-refractivity contribution >= 4 is 11.6 Å². The van der Waals surface area contributed by atoms with Crippen LogP contribution in [0.1, 0.15) is 36.8 Å². The Hall–Kier alpha value is -1.79. The lowest BCUT2D eigenvalue weighted by atomic mass is 10.1. The van der Waals surface area contributed by atoms with Crippen molar-refractivity contribution in [1.82, 2.24) is 0 Å². The second-order valence-corrected chi connectivity index (χ2v) is 6.08. The highest BCUT2D eigenvalue weighted by Gasteiger charge is 2.56. The summed E-state index contributed by atoms with van der Waals surface area (Å²) in [6, 6.07) is 5.84. The summed E-state index contributed by atoms with van der Waals surface area (Å²) in [5.41, 5.74) is 2.82. The van der Waals surface area contributed by atoms with Crippen molar-refractivity contribution in [2.24, 2.45) is 17.8 Å². The molecule has 110 valence electrons. The van der Waals surface area contributed by atoms with E-state index in [1.165, 1.54) is 19.3 Å². The second kappa shape index (κ2) is 5.91. The maximum absolute atomic E-state index is 12.3. The molecule has 0 saturated heterocycles. The Kier molecular flexibility index (Phi) is 3.98. The number of aliphatic hydroxyl groups excluding tert-OH is 1. The Morgan fingerprint density at radius 2 is 2.14 bits per heavy atom. The monoisotopic (exact) mass is 283 g/mol. The normalized spacial score (nSPS) is 25.7. The number of aliphatic hydroxyl groups is 1. The molecule has 3 heteroatoms. The van der Waals surface area contributed by atoms with Crippen LogP contribution in [0.15, 0.2) is 18.2 Å². The summed E-state index contributed by atoms with van der Waals surface area (Å²) in [6.07, 6.45) is 4.19. The van der Waals surface area contributed by atoms with Gasteiger partial charge < -0.3 is 10.4 Å². The molecule has 2 N–H and O–H groups in total. The van der Waals surface area contributed by atoms with Crippen LogP contribution in [-0.2, 0) is 4.79 Å². The lowest BCUT2D eigenvalue weighted by Crippen LogP contribution is -2.16. The zero-order valence-corrected chi connectivity index (χ0v) is 12.4. The van der Waals surface area contributed by atoms with Crippen molar-refractivity contribution in [3.63, 3.8) is 0 Å². The smallest absolute Gasteiger partial charge is 0.228 e. The number of benzene rings is 1. The molecule has 1 aromatic carbocycles. The third kappa shape index (κ3) is 2.96. The number of hydrogen-bond acceptors (Lipinski definition) is 2. The van der Waals surface area contributed by atoms with Gasteiger partial charge in [0.25, 0.3) is 0 Å². The molecular weight excluding hydrogens is 262 g/mol. The van der Waals surface area contributed by atoms with Crippen molar-refractivity contribution in [3.05, 3.63) is 29.3 Å². The number of carbonyl (C=O) groups is 1. The van der Waals surface area contributed by atoms with E-state index >= 15 is 0 Å². The Balaban J connectivity index is 1.67. The van der Waals surface area contributed by atoms with Crippen LogP contribution in [0, 0.1) is 36.5 Å². The van der Waals surface area contributed by atoms with Gasteiger partial charge in [-0.2, -0.15) is 0 Å². The first-order valence-electron chi connectivity index (χ1n) is 7.72. The average molecular weight is 283 g/mol. The molecule has 0 bridgehead atoms. The number of carbonyl (C=O) groups excluding carboxylic acids is 1. The molecule has 2 fully saturated rings. The van der Waals surface area contributed by atoms with E-state index in [-0.39, 0.29) is 18.4 Å². The summed E-state index contributed by atoms with van der Waals surface area (Å²) >= 11 is 0. The molecular formula is C18H21NO2. The van der Waals surface area contributed by atoms with Crippen molar-refractivity contribution in [3.8, 4) is 11.8 Å². The van der Waals surface area contributed by atoms with Crippen LogP contribution in [0.3, 0.4) is 0 Å². The zero-order chi connectivity index (χ0) is 14.8. The molecule has 2 atom stereocenters. The number of fused-ring (bicyclic) bond motifs is 1. The lowest BCUT2D eigenvalue weighted by Gasteiger charge is -2.08. The van der Waals surface area contributed by atoms with Gasteiger partial charge in [0, 0.05) is 23.6 Å². The highest BCUT2D eigenvalue weighted by Crippen LogP contribution is 2.57. The number of hydrogen-bond donors (Lipinski definition) is 2. The molecule has 0 heterocycles. The summed E-state index contributed by atoms with van der Waals surface area (Å²) in [5, 5.41) is 11.8. The third-order valence-electron chi connectivity index (χ3n) is 4.67. The van der Waals surface area contributed by atoms with Gasteiger partial charge >= 0.3 is 0 Å². The van der Waals surface area contributed by atoms with Gasteiger partial charge in [0.15, 0.2) is 0 Å². The van der Waals surface area contributed by atoms with E-state index in [1.54, 1.807) is 0 Å². The van der Waals surface area contributed by atoms with Crippen molar-refractivity contribution in [1.29, 1.82) is 0 Å². The molecule has 0 aliphatic heterocycles. The summed E-state index contributed by atoms with van der Waals surface area (Å²) in [6.45, 7) is 2.08. The van der Waals surface area contributed by atoms with Crippen molar-refractivity contribution in [2.75, 3.05) is 11.9 Å². The first-order chi connectivity index (χ1) is 10.2. The molecule has 2 saturated carbocycles. The largest absolute Gasteiger partial charge is 0.395 e. The molecule has 2 unspecified atom stereocenters. The van der Waals surface area contributed by atoms with Gasteiger partial charge in [0.2, 0.25) is 5.91 Å². The molecule has 21 heavy (non-hydrogen) atoms. The van der Waals surface area contributed by atoms with Crippen molar-refractivity contribution in [2.45, 2.75) is 32.6 Å². The molecule has 1 aromatic rings. The van der Waals surface area contributed by atoms with Crippen LogP contribution in [0.5, 0.6) is 0 Å².